The molecule has 0 unspecified atom stereocenters. The smallest absolute Gasteiger partial charge is 0.406 e. The monoisotopic (exact) mass is 272 g/mol. The number of anilines is 1. The number of halogens is 3. The lowest BCUT2D eigenvalue weighted by Crippen LogP contribution is -2.17. The van der Waals surface area contributed by atoms with Crippen molar-refractivity contribution in [2.75, 3.05) is 11.9 Å². The molecule has 3 nitrogen and oxygen atoms in total. The van der Waals surface area contributed by atoms with Crippen molar-refractivity contribution in [3.63, 3.8) is 0 Å². The molecule has 1 aromatic carbocycles. The van der Waals surface area contributed by atoms with Crippen LogP contribution in [0.1, 0.15) is 6.92 Å². The molecule has 0 bridgehead atoms. The van der Waals surface area contributed by atoms with Gasteiger partial charge in [0.1, 0.15) is 5.75 Å². The zero-order valence-electron chi connectivity index (χ0n) is 10.7. The van der Waals surface area contributed by atoms with E-state index < -0.39 is 6.36 Å². The molecule has 0 radical (unpaired) electrons. The summed E-state index contributed by atoms with van der Waals surface area (Å²) >= 11 is 0. The highest BCUT2D eigenvalue weighted by Crippen LogP contribution is 2.26. The van der Waals surface area contributed by atoms with Crippen molar-refractivity contribution in [1.29, 1.82) is 0 Å². The molecule has 0 fully saturated rings. The molecule has 0 atom stereocenters. The molecule has 0 amide bonds. The molecule has 2 N–H and O–H groups in total. The van der Waals surface area contributed by atoms with Crippen LogP contribution >= 0.6 is 0 Å². The van der Waals surface area contributed by atoms with Crippen molar-refractivity contribution >= 4 is 5.69 Å². The minimum absolute atomic E-state index is 0.255. The zero-order valence-corrected chi connectivity index (χ0v) is 10.7. The van der Waals surface area contributed by atoms with Crippen molar-refractivity contribution in [2.24, 2.45) is 5.73 Å². The molecular weight excluding hydrogens is 257 g/mol. The Kier molecular flexibility index (Phi) is 4.47. The average molecular weight is 272 g/mol. The predicted molar refractivity (Wildman–Crippen MR) is 68.6 cm³/mol. The Morgan fingerprint density at radius 3 is 2.26 bits per heavy atom. The Labute approximate surface area is 109 Å². The number of ether oxygens (including phenoxy) is 1. The molecule has 0 heterocycles. The molecule has 0 saturated heterocycles. The second kappa shape index (κ2) is 5.69. The van der Waals surface area contributed by atoms with Crippen LogP contribution in [0.25, 0.3) is 0 Å². The molecule has 6 heteroatoms. The summed E-state index contributed by atoms with van der Waals surface area (Å²) in [7, 11) is 1.77. The van der Waals surface area contributed by atoms with Gasteiger partial charge in [-0.25, -0.2) is 0 Å². The average Bonchev–Trinajstić information content (AvgIpc) is 2.26. The van der Waals surface area contributed by atoms with Gasteiger partial charge < -0.3 is 15.4 Å². The Balaban J connectivity index is 2.84. The first kappa shape index (κ1) is 14.9. The third-order valence-corrected chi connectivity index (χ3v) is 2.38. The Bertz CT molecular complexity index is 478. The fourth-order valence-electron chi connectivity index (χ4n) is 1.44. The first-order valence-corrected chi connectivity index (χ1v) is 5.41. The summed E-state index contributed by atoms with van der Waals surface area (Å²) in [5, 5.41) is 0. The first-order valence-electron chi connectivity index (χ1n) is 5.41. The van der Waals surface area contributed by atoms with Crippen LogP contribution in [0.5, 0.6) is 5.75 Å². The minimum atomic E-state index is -4.68. The van der Waals surface area contributed by atoms with Crippen molar-refractivity contribution in [1.82, 2.24) is 0 Å². The molecule has 0 saturated carbocycles. The molecule has 0 spiro atoms. The van der Waals surface area contributed by atoms with Crippen LogP contribution in [-0.4, -0.2) is 13.4 Å². The second-order valence-corrected chi connectivity index (χ2v) is 3.96. The van der Waals surface area contributed by atoms with E-state index >= 15 is 0 Å². The van der Waals surface area contributed by atoms with E-state index in [9.17, 15) is 13.2 Å². The molecule has 0 aliphatic carbocycles. The Morgan fingerprint density at radius 2 is 1.84 bits per heavy atom. The fraction of sp³-hybridized carbons (Fsp3) is 0.231. The van der Waals surface area contributed by atoms with Gasteiger partial charge in [0.15, 0.2) is 0 Å². The molecule has 19 heavy (non-hydrogen) atoms. The van der Waals surface area contributed by atoms with Crippen molar-refractivity contribution in [3.8, 4) is 5.75 Å². The van der Waals surface area contributed by atoms with Gasteiger partial charge in [0.2, 0.25) is 0 Å². The molecule has 0 aromatic heterocycles. The highest BCUT2D eigenvalue weighted by atomic mass is 19.4. The fourth-order valence-corrected chi connectivity index (χ4v) is 1.44. The zero-order chi connectivity index (χ0) is 14.6. The van der Waals surface area contributed by atoms with Gasteiger partial charge in [-0.3, -0.25) is 0 Å². The van der Waals surface area contributed by atoms with E-state index in [1.165, 1.54) is 24.3 Å². The maximum Gasteiger partial charge on any atom is 0.573 e. The summed E-state index contributed by atoms with van der Waals surface area (Å²) in [6.07, 6.45) is -3.01. The first-order chi connectivity index (χ1) is 8.69. The third kappa shape index (κ3) is 4.95. The van der Waals surface area contributed by atoms with Crippen molar-refractivity contribution in [3.05, 3.63) is 48.3 Å². The Hall–Kier alpha value is -2.11. The normalized spacial score (nSPS) is 12.2. The highest BCUT2D eigenvalue weighted by Gasteiger charge is 2.30. The number of nitrogens with zero attached hydrogens (tertiary/aromatic N) is 1. The van der Waals surface area contributed by atoms with Crippen molar-refractivity contribution < 1.29 is 17.9 Å². The third-order valence-electron chi connectivity index (χ3n) is 2.38. The minimum Gasteiger partial charge on any atom is -0.406 e. The number of hydrogen-bond donors (Lipinski definition) is 1. The number of benzene rings is 1. The van der Waals surface area contributed by atoms with Gasteiger partial charge in [-0.15, -0.1) is 13.2 Å². The van der Waals surface area contributed by atoms with E-state index in [0.29, 0.717) is 11.4 Å². The molecule has 1 rings (SSSR count). The van der Waals surface area contributed by atoms with Crippen LogP contribution in [0.2, 0.25) is 0 Å². The molecule has 0 aliphatic heterocycles. The molecule has 1 aromatic rings. The number of hydrogen-bond acceptors (Lipinski definition) is 3. The summed E-state index contributed by atoms with van der Waals surface area (Å²) in [6, 6.07) is 5.56. The summed E-state index contributed by atoms with van der Waals surface area (Å²) in [5.41, 5.74) is 7.39. The van der Waals surface area contributed by atoms with Crippen LogP contribution in [0.15, 0.2) is 48.3 Å². The maximum atomic E-state index is 12.0. The standard InChI is InChI=1S/C13H15F3N2O/c1-9(17)8-10(2)18(3)11-4-6-12(7-5-11)19-13(14,15)16/h4-8H,1,17H2,2-3H3/b10-8-. The molecule has 104 valence electrons. The van der Waals surface area contributed by atoms with Crippen LogP contribution < -0.4 is 15.4 Å². The lowest BCUT2D eigenvalue weighted by molar-refractivity contribution is -0.274. The summed E-state index contributed by atoms with van der Waals surface area (Å²) in [5.74, 6) is -0.255. The largest absolute Gasteiger partial charge is 0.573 e. The van der Waals surface area contributed by atoms with Gasteiger partial charge in [0.05, 0.1) is 0 Å². The van der Waals surface area contributed by atoms with E-state index in [4.69, 9.17) is 5.73 Å². The second-order valence-electron chi connectivity index (χ2n) is 3.96. The van der Waals surface area contributed by atoms with E-state index in [2.05, 4.69) is 11.3 Å². The highest BCUT2D eigenvalue weighted by molar-refractivity contribution is 5.53. The van der Waals surface area contributed by atoms with E-state index in [1.807, 2.05) is 6.92 Å². The van der Waals surface area contributed by atoms with E-state index in [-0.39, 0.29) is 5.75 Å². The van der Waals surface area contributed by atoms with E-state index in [1.54, 1.807) is 18.0 Å². The van der Waals surface area contributed by atoms with Crippen LogP contribution in [0, 0.1) is 0 Å². The summed E-state index contributed by atoms with van der Waals surface area (Å²) < 4.78 is 39.8. The lowest BCUT2D eigenvalue weighted by atomic mass is 10.2. The lowest BCUT2D eigenvalue weighted by Gasteiger charge is -2.20. The topological polar surface area (TPSA) is 38.5 Å². The van der Waals surface area contributed by atoms with Gasteiger partial charge in [-0.2, -0.15) is 0 Å². The van der Waals surface area contributed by atoms with Gasteiger partial charge in [0, 0.05) is 24.1 Å². The number of alkyl halides is 3. The van der Waals surface area contributed by atoms with Gasteiger partial charge in [-0.1, -0.05) is 6.58 Å². The van der Waals surface area contributed by atoms with Crippen LogP contribution in [0.4, 0.5) is 18.9 Å². The number of allylic oxidation sites excluding steroid dienone is 2. The van der Waals surface area contributed by atoms with E-state index in [0.717, 1.165) is 5.70 Å². The maximum absolute atomic E-state index is 12.0. The molecular formula is C13H15F3N2O. The summed E-state index contributed by atoms with van der Waals surface area (Å²) in [6.45, 7) is 5.37. The summed E-state index contributed by atoms with van der Waals surface area (Å²) in [4.78, 5) is 1.77. The van der Waals surface area contributed by atoms with Crippen molar-refractivity contribution in [2.45, 2.75) is 13.3 Å². The van der Waals surface area contributed by atoms with Gasteiger partial charge >= 0.3 is 6.36 Å². The van der Waals surface area contributed by atoms with Crippen LogP contribution in [0.3, 0.4) is 0 Å². The van der Waals surface area contributed by atoms with Gasteiger partial charge in [-0.05, 0) is 37.3 Å². The number of nitrogens with two attached hydrogens (primary N) is 1. The number of rotatable bonds is 4. The quantitative estimate of drug-likeness (QED) is 0.854. The Morgan fingerprint density at radius 1 is 1.32 bits per heavy atom. The SMILES string of the molecule is C=C(N)/C=C(/C)N(C)c1ccc(OC(F)(F)F)cc1. The van der Waals surface area contributed by atoms with Crippen LogP contribution in [-0.2, 0) is 0 Å². The van der Waals surface area contributed by atoms with Gasteiger partial charge in [0.25, 0.3) is 0 Å². The molecule has 0 aliphatic rings. The predicted octanol–water partition coefficient (Wildman–Crippen LogP) is 3.40.